The van der Waals surface area contributed by atoms with E-state index in [-0.39, 0.29) is 0 Å². The second kappa shape index (κ2) is 3.28. The minimum absolute atomic E-state index is 0.345. The Balaban J connectivity index is 3.37. The van der Waals surface area contributed by atoms with Gasteiger partial charge in [0.2, 0.25) is 0 Å². The molecule has 0 saturated carbocycles. The Bertz CT molecular complexity index is 328. The lowest BCUT2D eigenvalue weighted by molar-refractivity contribution is 0.0776. The predicted molar refractivity (Wildman–Crippen MR) is 51.4 cm³/mol. The lowest BCUT2D eigenvalue weighted by Crippen LogP contribution is -2.17. The molecule has 1 rings (SSSR count). The number of rotatable bonds is 1. The molecule has 0 aliphatic heterocycles. The Morgan fingerprint density at radius 2 is 1.92 bits per heavy atom. The third-order valence-electron chi connectivity index (χ3n) is 1.97. The molecule has 1 aromatic rings. The molecule has 0 fully saturated rings. The lowest BCUT2D eigenvalue weighted by Gasteiger charge is -2.21. The topological polar surface area (TPSA) is 20.2 Å². The molecule has 0 atom stereocenters. The predicted octanol–water partition coefficient (Wildman–Crippen LogP) is 3.01. The molecule has 13 heavy (non-hydrogen) atoms. The third kappa shape index (κ3) is 2.20. The van der Waals surface area contributed by atoms with E-state index < -0.39 is 11.4 Å². The van der Waals surface area contributed by atoms with Gasteiger partial charge < -0.3 is 5.11 Å². The molecule has 1 nitrogen and oxygen atoms in total. The smallest absolute Gasteiger partial charge is 0.125 e. The van der Waals surface area contributed by atoms with Gasteiger partial charge in [-0.2, -0.15) is 0 Å². The lowest BCUT2D eigenvalue weighted by atomic mass is 9.94. The van der Waals surface area contributed by atoms with E-state index in [1.807, 2.05) is 0 Å². The molecular formula is C10H12ClFO. The molecule has 0 heterocycles. The molecule has 0 unspecified atom stereocenters. The van der Waals surface area contributed by atoms with Gasteiger partial charge in [-0.25, -0.2) is 4.39 Å². The zero-order valence-corrected chi connectivity index (χ0v) is 8.61. The summed E-state index contributed by atoms with van der Waals surface area (Å²) < 4.78 is 12.9. The highest BCUT2D eigenvalue weighted by Crippen LogP contribution is 2.29. The van der Waals surface area contributed by atoms with Crippen LogP contribution in [-0.4, -0.2) is 5.11 Å². The van der Waals surface area contributed by atoms with Gasteiger partial charge in [0.15, 0.2) is 0 Å². The van der Waals surface area contributed by atoms with Crippen molar-refractivity contribution < 1.29 is 9.50 Å². The molecule has 0 aliphatic carbocycles. The average molecular weight is 203 g/mol. The Morgan fingerprint density at radius 3 is 2.38 bits per heavy atom. The van der Waals surface area contributed by atoms with Crippen LogP contribution in [0.25, 0.3) is 0 Å². The third-order valence-corrected chi connectivity index (χ3v) is 2.36. The Kier molecular flexibility index (Phi) is 2.64. The summed E-state index contributed by atoms with van der Waals surface area (Å²) in [5, 5.41) is 10.0. The Morgan fingerprint density at radius 1 is 1.38 bits per heavy atom. The molecule has 0 aliphatic rings. The summed E-state index contributed by atoms with van der Waals surface area (Å²) in [6.45, 7) is 4.96. The van der Waals surface area contributed by atoms with Gasteiger partial charge in [-0.1, -0.05) is 11.6 Å². The standard InChI is InChI=1S/C10H12ClFO/c1-6-8(10(2,3)13)4-7(12)5-9(6)11/h4-5,13H,1-3H3. The molecule has 1 aromatic carbocycles. The van der Waals surface area contributed by atoms with Gasteiger partial charge in [0.05, 0.1) is 5.60 Å². The molecule has 0 saturated heterocycles. The van der Waals surface area contributed by atoms with E-state index in [1.54, 1.807) is 20.8 Å². The van der Waals surface area contributed by atoms with Crippen LogP contribution in [0.15, 0.2) is 12.1 Å². The van der Waals surface area contributed by atoms with Gasteiger partial charge in [-0.05, 0) is 44.0 Å². The van der Waals surface area contributed by atoms with Crippen LogP contribution in [0.5, 0.6) is 0 Å². The largest absolute Gasteiger partial charge is 0.386 e. The number of hydrogen-bond acceptors (Lipinski definition) is 1. The second-order valence-electron chi connectivity index (χ2n) is 3.62. The monoisotopic (exact) mass is 202 g/mol. The fourth-order valence-electron chi connectivity index (χ4n) is 1.28. The van der Waals surface area contributed by atoms with Gasteiger partial charge >= 0.3 is 0 Å². The number of hydrogen-bond donors (Lipinski definition) is 1. The van der Waals surface area contributed by atoms with Crippen molar-refractivity contribution in [2.24, 2.45) is 0 Å². The first-order chi connectivity index (χ1) is 5.82. The molecule has 0 aromatic heterocycles. The summed E-state index contributed by atoms with van der Waals surface area (Å²) in [7, 11) is 0. The summed E-state index contributed by atoms with van der Waals surface area (Å²) in [5.74, 6) is -0.423. The second-order valence-corrected chi connectivity index (χ2v) is 4.03. The Labute approximate surface area is 82.2 Å². The van der Waals surface area contributed by atoms with Crippen LogP contribution in [0, 0.1) is 12.7 Å². The van der Waals surface area contributed by atoms with Gasteiger partial charge in [-0.15, -0.1) is 0 Å². The zero-order valence-electron chi connectivity index (χ0n) is 7.86. The maximum Gasteiger partial charge on any atom is 0.125 e. The molecule has 3 heteroatoms. The van der Waals surface area contributed by atoms with Crippen LogP contribution in [0.2, 0.25) is 5.02 Å². The van der Waals surface area contributed by atoms with Crippen molar-refractivity contribution in [3.05, 3.63) is 34.1 Å². The molecular weight excluding hydrogens is 191 g/mol. The highest BCUT2D eigenvalue weighted by Gasteiger charge is 2.20. The minimum atomic E-state index is -1.06. The summed E-state index contributed by atoms with van der Waals surface area (Å²) >= 11 is 5.77. The van der Waals surface area contributed by atoms with Crippen LogP contribution >= 0.6 is 11.6 Å². The fraction of sp³-hybridized carbons (Fsp3) is 0.400. The van der Waals surface area contributed by atoms with Crippen LogP contribution in [0.4, 0.5) is 4.39 Å². The number of halogens is 2. The summed E-state index contributed by atoms with van der Waals surface area (Å²) in [6.07, 6.45) is 0. The average Bonchev–Trinajstić information content (AvgIpc) is 1.94. The van der Waals surface area contributed by atoms with E-state index in [9.17, 15) is 9.50 Å². The molecule has 0 spiro atoms. The minimum Gasteiger partial charge on any atom is -0.386 e. The SMILES string of the molecule is Cc1c(Cl)cc(F)cc1C(C)(C)O. The van der Waals surface area contributed by atoms with Gasteiger partial charge in [0, 0.05) is 5.02 Å². The summed E-state index contributed by atoms with van der Waals surface area (Å²) in [6, 6.07) is 2.55. The molecule has 0 amide bonds. The van der Waals surface area contributed by atoms with Crippen molar-refractivity contribution in [1.29, 1.82) is 0 Å². The fourth-order valence-corrected chi connectivity index (χ4v) is 1.49. The quantitative estimate of drug-likeness (QED) is 0.742. The van der Waals surface area contributed by atoms with Crippen molar-refractivity contribution in [2.45, 2.75) is 26.4 Å². The first-order valence-corrected chi connectivity index (χ1v) is 4.38. The highest BCUT2D eigenvalue weighted by atomic mass is 35.5. The summed E-state index contributed by atoms with van der Waals surface area (Å²) in [5.41, 5.74) is 0.184. The van der Waals surface area contributed by atoms with Crippen molar-refractivity contribution in [3.63, 3.8) is 0 Å². The number of benzene rings is 1. The van der Waals surface area contributed by atoms with Crippen LogP contribution in [0.3, 0.4) is 0 Å². The summed E-state index contributed by atoms with van der Waals surface area (Å²) in [4.78, 5) is 0. The van der Waals surface area contributed by atoms with Gasteiger partial charge in [0.25, 0.3) is 0 Å². The van der Waals surface area contributed by atoms with E-state index in [1.165, 1.54) is 12.1 Å². The zero-order chi connectivity index (χ0) is 10.2. The van der Waals surface area contributed by atoms with Gasteiger partial charge in [-0.3, -0.25) is 0 Å². The number of aliphatic hydroxyl groups is 1. The molecule has 0 radical (unpaired) electrons. The maximum absolute atomic E-state index is 12.9. The van der Waals surface area contributed by atoms with Crippen molar-refractivity contribution >= 4 is 11.6 Å². The van der Waals surface area contributed by atoms with Crippen LogP contribution in [-0.2, 0) is 5.60 Å². The van der Waals surface area contributed by atoms with E-state index in [4.69, 9.17) is 11.6 Å². The molecule has 0 bridgehead atoms. The van der Waals surface area contributed by atoms with Crippen LogP contribution < -0.4 is 0 Å². The van der Waals surface area contributed by atoms with Crippen molar-refractivity contribution in [1.82, 2.24) is 0 Å². The first-order valence-electron chi connectivity index (χ1n) is 4.01. The van der Waals surface area contributed by atoms with Crippen molar-refractivity contribution in [3.8, 4) is 0 Å². The molecule has 1 N–H and O–H groups in total. The first kappa shape index (κ1) is 10.5. The normalized spacial score (nSPS) is 11.8. The van der Waals surface area contributed by atoms with Gasteiger partial charge in [0.1, 0.15) is 5.82 Å². The van der Waals surface area contributed by atoms with E-state index in [0.717, 1.165) is 5.56 Å². The maximum atomic E-state index is 12.9. The Hall–Kier alpha value is -0.600. The van der Waals surface area contributed by atoms with Crippen LogP contribution in [0.1, 0.15) is 25.0 Å². The van der Waals surface area contributed by atoms with E-state index >= 15 is 0 Å². The van der Waals surface area contributed by atoms with E-state index in [0.29, 0.717) is 10.6 Å². The van der Waals surface area contributed by atoms with Crippen molar-refractivity contribution in [2.75, 3.05) is 0 Å². The highest BCUT2D eigenvalue weighted by molar-refractivity contribution is 6.31. The van der Waals surface area contributed by atoms with E-state index in [2.05, 4.69) is 0 Å². The molecule has 72 valence electrons.